The second kappa shape index (κ2) is 3.51. The average molecular weight is 222 g/mol. The molecule has 1 aromatic heterocycles. The number of H-pyrrole nitrogens is 1. The molecule has 4 nitrogen and oxygen atoms in total. The second-order valence-corrected chi connectivity index (χ2v) is 5.28. The van der Waals surface area contributed by atoms with E-state index in [1.807, 2.05) is 0 Å². The maximum Gasteiger partial charge on any atom is 0.175 e. The van der Waals surface area contributed by atoms with Gasteiger partial charge in [-0.15, -0.1) is 0 Å². The molecule has 0 amide bonds. The fraction of sp³-hybridized carbons (Fsp3) is 0.100. The smallest absolute Gasteiger partial charge is 0.175 e. The quantitative estimate of drug-likeness (QED) is 0.837. The summed E-state index contributed by atoms with van der Waals surface area (Å²) in [6.45, 7) is 0. The first-order valence-corrected chi connectivity index (χ1v) is 6.25. The molecule has 1 heterocycles. The Labute approximate surface area is 87.9 Å². The van der Waals surface area contributed by atoms with Crippen LogP contribution in [-0.4, -0.2) is 24.6 Å². The third kappa shape index (κ3) is 2.07. The third-order valence-corrected chi connectivity index (χ3v) is 3.22. The fourth-order valence-electron chi connectivity index (χ4n) is 1.30. The van der Waals surface area contributed by atoms with Crippen molar-refractivity contribution in [3.8, 4) is 11.3 Å². The molecule has 0 aliphatic heterocycles. The van der Waals surface area contributed by atoms with Gasteiger partial charge in [0.15, 0.2) is 9.84 Å². The zero-order valence-corrected chi connectivity index (χ0v) is 8.95. The molecule has 2 rings (SSSR count). The van der Waals surface area contributed by atoms with Crippen LogP contribution in [0.1, 0.15) is 0 Å². The van der Waals surface area contributed by atoms with Gasteiger partial charge in [-0.05, 0) is 17.7 Å². The Morgan fingerprint density at radius 2 is 1.87 bits per heavy atom. The highest BCUT2D eigenvalue weighted by atomic mass is 32.2. The fourth-order valence-corrected chi connectivity index (χ4v) is 1.93. The zero-order valence-electron chi connectivity index (χ0n) is 8.14. The molecule has 0 bridgehead atoms. The Kier molecular flexibility index (Phi) is 2.32. The van der Waals surface area contributed by atoms with Crippen LogP contribution < -0.4 is 0 Å². The van der Waals surface area contributed by atoms with E-state index in [1.165, 1.54) is 6.26 Å². The van der Waals surface area contributed by atoms with Crippen LogP contribution in [0.3, 0.4) is 0 Å². The highest BCUT2D eigenvalue weighted by Gasteiger charge is 2.06. The number of rotatable bonds is 2. The van der Waals surface area contributed by atoms with E-state index in [2.05, 4.69) is 9.97 Å². The Balaban J connectivity index is 2.42. The van der Waals surface area contributed by atoms with Gasteiger partial charge in [-0.1, -0.05) is 12.1 Å². The average Bonchev–Trinajstić information content (AvgIpc) is 2.69. The maximum absolute atomic E-state index is 11.2. The van der Waals surface area contributed by atoms with Crippen molar-refractivity contribution in [2.75, 3.05) is 6.26 Å². The van der Waals surface area contributed by atoms with Crippen LogP contribution in [0, 0.1) is 0 Å². The summed E-state index contributed by atoms with van der Waals surface area (Å²) in [4.78, 5) is 7.17. The van der Waals surface area contributed by atoms with Crippen LogP contribution in [0.4, 0.5) is 0 Å². The van der Waals surface area contributed by atoms with Gasteiger partial charge in [-0.3, -0.25) is 0 Å². The number of imidazole rings is 1. The van der Waals surface area contributed by atoms with E-state index in [-0.39, 0.29) is 0 Å². The molecule has 0 fully saturated rings. The minimum atomic E-state index is -3.11. The normalized spacial score (nSPS) is 11.5. The highest BCUT2D eigenvalue weighted by Crippen LogP contribution is 2.18. The molecule has 0 atom stereocenters. The lowest BCUT2D eigenvalue weighted by molar-refractivity contribution is 0.602. The number of hydrogen-bond acceptors (Lipinski definition) is 3. The van der Waals surface area contributed by atoms with Gasteiger partial charge in [-0.2, -0.15) is 0 Å². The summed E-state index contributed by atoms with van der Waals surface area (Å²) in [5.41, 5.74) is 1.79. The summed E-state index contributed by atoms with van der Waals surface area (Å²) in [5.74, 6) is 0. The molecular weight excluding hydrogens is 212 g/mol. The van der Waals surface area contributed by atoms with Gasteiger partial charge in [0.25, 0.3) is 0 Å². The van der Waals surface area contributed by atoms with E-state index >= 15 is 0 Å². The van der Waals surface area contributed by atoms with E-state index in [4.69, 9.17) is 0 Å². The Morgan fingerprint density at radius 3 is 2.33 bits per heavy atom. The van der Waals surface area contributed by atoms with E-state index in [1.54, 1.807) is 36.8 Å². The van der Waals surface area contributed by atoms with Crippen LogP contribution in [0.15, 0.2) is 41.7 Å². The summed E-state index contributed by atoms with van der Waals surface area (Å²) >= 11 is 0. The maximum atomic E-state index is 11.2. The van der Waals surface area contributed by atoms with Crippen molar-refractivity contribution < 1.29 is 8.42 Å². The molecule has 0 spiro atoms. The van der Waals surface area contributed by atoms with Crippen molar-refractivity contribution in [1.29, 1.82) is 0 Å². The number of aromatic nitrogens is 2. The number of benzene rings is 1. The van der Waals surface area contributed by atoms with Gasteiger partial charge >= 0.3 is 0 Å². The standard InChI is InChI=1S/C10H10N2O2S/c1-15(13,14)9-4-2-8(3-5-9)10-6-11-7-12-10/h2-7H,1H3,(H,11,12). The van der Waals surface area contributed by atoms with Crippen LogP contribution in [-0.2, 0) is 9.84 Å². The van der Waals surface area contributed by atoms with Crippen molar-refractivity contribution >= 4 is 9.84 Å². The predicted octanol–water partition coefficient (Wildman–Crippen LogP) is 1.48. The molecular formula is C10H10N2O2S. The molecule has 2 aromatic rings. The second-order valence-electron chi connectivity index (χ2n) is 3.26. The zero-order chi connectivity index (χ0) is 10.9. The van der Waals surface area contributed by atoms with Crippen LogP contribution in [0.5, 0.6) is 0 Å². The lowest BCUT2D eigenvalue weighted by atomic mass is 10.2. The molecule has 78 valence electrons. The third-order valence-electron chi connectivity index (χ3n) is 2.09. The van der Waals surface area contributed by atoms with Gasteiger partial charge in [0.1, 0.15) is 0 Å². The van der Waals surface area contributed by atoms with Crippen LogP contribution >= 0.6 is 0 Å². The number of aromatic amines is 1. The van der Waals surface area contributed by atoms with Gasteiger partial charge in [0.05, 0.1) is 23.1 Å². The van der Waals surface area contributed by atoms with Crippen molar-refractivity contribution in [2.45, 2.75) is 4.90 Å². The lowest BCUT2D eigenvalue weighted by Gasteiger charge is -2.00. The van der Waals surface area contributed by atoms with Crippen molar-refractivity contribution in [2.24, 2.45) is 0 Å². The summed E-state index contributed by atoms with van der Waals surface area (Å²) in [7, 11) is -3.11. The monoisotopic (exact) mass is 222 g/mol. The van der Waals surface area contributed by atoms with Crippen molar-refractivity contribution in [3.05, 3.63) is 36.8 Å². The first-order chi connectivity index (χ1) is 7.07. The molecule has 0 saturated heterocycles. The van der Waals surface area contributed by atoms with Gasteiger partial charge < -0.3 is 4.98 Å². The Bertz CT molecular complexity index is 542. The summed E-state index contributed by atoms with van der Waals surface area (Å²) in [6.07, 6.45) is 4.47. The number of nitrogens with zero attached hydrogens (tertiary/aromatic N) is 1. The van der Waals surface area contributed by atoms with E-state index < -0.39 is 9.84 Å². The van der Waals surface area contributed by atoms with Crippen molar-refractivity contribution in [3.63, 3.8) is 0 Å². The van der Waals surface area contributed by atoms with Crippen molar-refractivity contribution in [1.82, 2.24) is 9.97 Å². The molecule has 15 heavy (non-hydrogen) atoms. The van der Waals surface area contributed by atoms with Gasteiger partial charge in [0, 0.05) is 6.26 Å². The molecule has 5 heteroatoms. The lowest BCUT2D eigenvalue weighted by Crippen LogP contribution is -1.96. The SMILES string of the molecule is CS(=O)(=O)c1ccc(-c2cnc[nH]2)cc1. The molecule has 0 aliphatic rings. The summed E-state index contributed by atoms with van der Waals surface area (Å²) in [5, 5.41) is 0. The van der Waals surface area contributed by atoms with Crippen LogP contribution in [0.25, 0.3) is 11.3 Å². The molecule has 0 unspecified atom stereocenters. The number of hydrogen-bond donors (Lipinski definition) is 1. The summed E-state index contributed by atoms with van der Waals surface area (Å²) in [6, 6.07) is 6.69. The predicted molar refractivity (Wildman–Crippen MR) is 57.1 cm³/mol. The molecule has 1 aromatic carbocycles. The first kappa shape index (κ1) is 9.92. The first-order valence-electron chi connectivity index (χ1n) is 4.36. The minimum Gasteiger partial charge on any atom is -0.345 e. The molecule has 0 radical (unpaired) electrons. The highest BCUT2D eigenvalue weighted by molar-refractivity contribution is 7.90. The minimum absolute atomic E-state index is 0.325. The van der Waals surface area contributed by atoms with E-state index in [0.717, 1.165) is 11.3 Å². The number of nitrogens with one attached hydrogen (secondary N) is 1. The van der Waals surface area contributed by atoms with Gasteiger partial charge in [0.2, 0.25) is 0 Å². The molecule has 0 aliphatic carbocycles. The Morgan fingerprint density at radius 1 is 1.20 bits per heavy atom. The Hall–Kier alpha value is -1.62. The van der Waals surface area contributed by atoms with Gasteiger partial charge in [-0.25, -0.2) is 13.4 Å². The van der Waals surface area contributed by atoms with Crippen LogP contribution in [0.2, 0.25) is 0 Å². The van der Waals surface area contributed by atoms with E-state index in [0.29, 0.717) is 4.90 Å². The number of sulfone groups is 1. The topological polar surface area (TPSA) is 62.8 Å². The summed E-state index contributed by atoms with van der Waals surface area (Å²) < 4.78 is 22.4. The van der Waals surface area contributed by atoms with E-state index in [9.17, 15) is 8.42 Å². The molecule has 0 saturated carbocycles. The molecule has 1 N–H and O–H groups in total. The largest absolute Gasteiger partial charge is 0.345 e.